The van der Waals surface area contributed by atoms with Crippen molar-refractivity contribution in [2.24, 2.45) is 5.14 Å². The number of nitrogens with zero attached hydrogens (tertiary/aromatic N) is 7. The lowest BCUT2D eigenvalue weighted by Crippen LogP contribution is -2.11. The zero-order chi connectivity index (χ0) is 34.3. The van der Waals surface area contributed by atoms with Crippen LogP contribution in [-0.2, 0) is 10.0 Å². The summed E-state index contributed by atoms with van der Waals surface area (Å²) in [4.78, 5) is 22.7. The lowest BCUT2D eigenvalue weighted by atomic mass is 10.1. The standard InChI is InChI=1S/C20H18N6O2S.C15H17N3O/c1-14-18(13-23-26(14)16-5-3-2-4-6-16)19-11-12-22-20(25-19)24-15-7-9-17(10-8-15)29(21,27)28;1-12-14(15(19)9-10-17(2)3)11-16-18(12)13-7-5-4-6-8-13/h2-13H,1H3,(H2,21,27,28)(H,22,24,25);4-11H,1-3H3. The number of aromatic nitrogens is 6. The quantitative estimate of drug-likeness (QED) is 0.152. The average Bonchev–Trinajstić information content (AvgIpc) is 3.67. The predicted octanol–water partition coefficient (Wildman–Crippen LogP) is 5.47. The van der Waals surface area contributed by atoms with E-state index in [4.69, 9.17) is 5.14 Å². The highest BCUT2D eigenvalue weighted by molar-refractivity contribution is 7.89. The van der Waals surface area contributed by atoms with Crippen LogP contribution in [0.15, 0.2) is 127 Å². The Bertz CT molecular complexity index is 2140. The molecule has 3 aromatic carbocycles. The number of benzene rings is 3. The highest BCUT2D eigenvalue weighted by Crippen LogP contribution is 2.25. The zero-order valence-electron chi connectivity index (χ0n) is 26.9. The van der Waals surface area contributed by atoms with Crippen molar-refractivity contribution in [2.45, 2.75) is 18.7 Å². The van der Waals surface area contributed by atoms with Gasteiger partial charge in [-0.25, -0.2) is 32.9 Å². The Morgan fingerprint density at radius 2 is 1.40 bits per heavy atom. The summed E-state index contributed by atoms with van der Waals surface area (Å²) in [6, 6.07) is 27.5. The molecule has 0 atom stereocenters. The fraction of sp³-hybridized carbons (Fsp3) is 0.114. The molecule has 6 aromatic rings. The summed E-state index contributed by atoms with van der Waals surface area (Å²) in [7, 11) is 0.0291. The summed E-state index contributed by atoms with van der Waals surface area (Å²) < 4.78 is 26.4. The van der Waals surface area contributed by atoms with Crippen molar-refractivity contribution in [2.75, 3.05) is 19.4 Å². The molecule has 12 nitrogen and oxygen atoms in total. The highest BCUT2D eigenvalue weighted by Gasteiger charge is 2.14. The summed E-state index contributed by atoms with van der Waals surface area (Å²) in [5.41, 5.74) is 6.62. The summed E-state index contributed by atoms with van der Waals surface area (Å²) in [5.74, 6) is 0.353. The Morgan fingerprint density at radius 3 is 1.98 bits per heavy atom. The van der Waals surface area contributed by atoms with Crippen LogP contribution < -0.4 is 10.5 Å². The number of carbonyl (C=O) groups is 1. The van der Waals surface area contributed by atoms with Crippen LogP contribution in [-0.4, -0.2) is 62.7 Å². The predicted molar refractivity (Wildman–Crippen MR) is 186 cm³/mol. The molecular formula is C35H35N9O3S. The fourth-order valence-corrected chi connectivity index (χ4v) is 5.22. The third-order valence-corrected chi connectivity index (χ3v) is 8.11. The molecule has 6 rings (SSSR count). The van der Waals surface area contributed by atoms with E-state index in [0.29, 0.717) is 17.2 Å². The van der Waals surface area contributed by atoms with Gasteiger partial charge >= 0.3 is 0 Å². The van der Waals surface area contributed by atoms with E-state index in [1.165, 1.54) is 12.1 Å². The van der Waals surface area contributed by atoms with Crippen molar-refractivity contribution >= 4 is 27.4 Å². The van der Waals surface area contributed by atoms with Crippen LogP contribution in [0.3, 0.4) is 0 Å². The van der Waals surface area contributed by atoms with Crippen LogP contribution in [0, 0.1) is 13.8 Å². The van der Waals surface area contributed by atoms with E-state index in [-0.39, 0.29) is 10.7 Å². The van der Waals surface area contributed by atoms with Gasteiger partial charge in [-0.1, -0.05) is 36.4 Å². The first-order chi connectivity index (χ1) is 23.0. The number of rotatable bonds is 9. The molecule has 0 amide bonds. The Morgan fingerprint density at radius 1 is 0.812 bits per heavy atom. The number of nitrogens with one attached hydrogen (secondary N) is 1. The van der Waals surface area contributed by atoms with Gasteiger partial charge in [-0.2, -0.15) is 10.2 Å². The smallest absolute Gasteiger partial charge is 0.238 e. The first-order valence-corrected chi connectivity index (χ1v) is 16.4. The molecule has 0 radical (unpaired) electrons. The second-order valence-electron chi connectivity index (χ2n) is 10.9. The number of allylic oxidation sites excluding steroid dienone is 1. The van der Waals surface area contributed by atoms with E-state index in [1.807, 2.05) is 104 Å². The molecule has 0 aliphatic carbocycles. The molecular weight excluding hydrogens is 627 g/mol. The van der Waals surface area contributed by atoms with E-state index in [1.54, 1.807) is 47.7 Å². The van der Waals surface area contributed by atoms with Gasteiger partial charge in [0, 0.05) is 43.8 Å². The third-order valence-electron chi connectivity index (χ3n) is 7.18. The summed E-state index contributed by atoms with van der Waals surface area (Å²) in [5, 5.41) is 16.9. The molecule has 0 saturated heterocycles. The van der Waals surface area contributed by atoms with Gasteiger partial charge in [0.25, 0.3) is 0 Å². The van der Waals surface area contributed by atoms with Crippen LogP contribution in [0.25, 0.3) is 22.6 Å². The van der Waals surface area contributed by atoms with Gasteiger partial charge in [0.15, 0.2) is 5.78 Å². The van der Waals surface area contributed by atoms with Gasteiger partial charge in [0.05, 0.1) is 51.3 Å². The first kappa shape index (κ1) is 33.4. The second kappa shape index (κ2) is 14.7. The molecule has 0 bridgehead atoms. The molecule has 0 saturated carbocycles. The largest absolute Gasteiger partial charge is 0.383 e. The van der Waals surface area contributed by atoms with E-state index in [9.17, 15) is 13.2 Å². The number of hydrogen-bond acceptors (Lipinski definition) is 9. The fourth-order valence-electron chi connectivity index (χ4n) is 4.70. The number of hydrogen-bond donors (Lipinski definition) is 2. The van der Waals surface area contributed by atoms with Crippen molar-refractivity contribution in [1.29, 1.82) is 0 Å². The third kappa shape index (κ3) is 8.07. The molecule has 3 N–H and O–H groups in total. The van der Waals surface area contributed by atoms with Crippen molar-refractivity contribution in [3.05, 3.63) is 139 Å². The summed E-state index contributed by atoms with van der Waals surface area (Å²) >= 11 is 0. The van der Waals surface area contributed by atoms with Gasteiger partial charge in [0.2, 0.25) is 16.0 Å². The van der Waals surface area contributed by atoms with Crippen LogP contribution >= 0.6 is 0 Å². The van der Waals surface area contributed by atoms with Crippen LogP contribution in [0.5, 0.6) is 0 Å². The normalized spacial score (nSPS) is 11.2. The molecule has 3 heterocycles. The van der Waals surface area contributed by atoms with Crippen molar-refractivity contribution in [3.63, 3.8) is 0 Å². The lowest BCUT2D eigenvalue weighted by molar-refractivity contribution is 0.104. The number of ketones is 1. The molecule has 3 aromatic heterocycles. The van der Waals surface area contributed by atoms with E-state index >= 15 is 0 Å². The lowest BCUT2D eigenvalue weighted by Gasteiger charge is -2.08. The van der Waals surface area contributed by atoms with Gasteiger partial charge < -0.3 is 10.2 Å². The Kier molecular flexibility index (Phi) is 10.2. The minimum atomic E-state index is -3.73. The van der Waals surface area contributed by atoms with E-state index < -0.39 is 10.0 Å². The zero-order valence-corrected chi connectivity index (χ0v) is 27.7. The molecule has 48 heavy (non-hydrogen) atoms. The van der Waals surface area contributed by atoms with Crippen LogP contribution in [0.4, 0.5) is 11.6 Å². The maximum absolute atomic E-state index is 12.0. The Hall–Kier alpha value is -5.92. The topological polar surface area (TPSA) is 154 Å². The molecule has 0 unspecified atom stereocenters. The van der Waals surface area contributed by atoms with Crippen molar-refractivity contribution in [3.8, 4) is 22.6 Å². The molecule has 0 spiro atoms. The number of nitrogens with two attached hydrogens (primary N) is 1. The van der Waals surface area contributed by atoms with Crippen LogP contribution in [0.1, 0.15) is 21.7 Å². The number of sulfonamides is 1. The first-order valence-electron chi connectivity index (χ1n) is 14.8. The number of para-hydroxylation sites is 2. The monoisotopic (exact) mass is 661 g/mol. The minimum absolute atomic E-state index is 0.0339. The van der Waals surface area contributed by atoms with Gasteiger partial charge in [-0.15, -0.1) is 0 Å². The average molecular weight is 662 g/mol. The summed E-state index contributed by atoms with van der Waals surface area (Å²) in [6.07, 6.45) is 8.34. The van der Waals surface area contributed by atoms with Crippen LogP contribution in [0.2, 0.25) is 0 Å². The molecule has 0 fully saturated rings. The molecule has 0 aliphatic heterocycles. The van der Waals surface area contributed by atoms with E-state index in [2.05, 4.69) is 25.5 Å². The SMILES string of the molecule is Cc1c(-c2ccnc(Nc3ccc(S(N)(=O)=O)cc3)n2)cnn1-c1ccccc1.Cc1c(C(=O)C=CN(C)C)cnn1-c1ccccc1. The minimum Gasteiger partial charge on any atom is -0.383 e. The van der Waals surface area contributed by atoms with Crippen molar-refractivity contribution in [1.82, 2.24) is 34.4 Å². The number of primary sulfonamides is 1. The van der Waals surface area contributed by atoms with Gasteiger partial charge in [-0.3, -0.25) is 4.79 Å². The molecule has 244 valence electrons. The van der Waals surface area contributed by atoms with Gasteiger partial charge in [-0.05, 0) is 68.4 Å². The maximum atomic E-state index is 12.0. The number of carbonyl (C=O) groups excluding carboxylic acids is 1. The molecule has 13 heteroatoms. The maximum Gasteiger partial charge on any atom is 0.238 e. The number of anilines is 2. The second-order valence-corrected chi connectivity index (χ2v) is 12.4. The Balaban J connectivity index is 0.000000206. The Labute approximate surface area is 279 Å². The summed E-state index contributed by atoms with van der Waals surface area (Å²) in [6.45, 7) is 3.88. The molecule has 0 aliphatic rings. The van der Waals surface area contributed by atoms with Gasteiger partial charge in [0.1, 0.15) is 0 Å². The highest BCUT2D eigenvalue weighted by atomic mass is 32.2. The van der Waals surface area contributed by atoms with E-state index in [0.717, 1.165) is 34.0 Å². The van der Waals surface area contributed by atoms with Crippen molar-refractivity contribution < 1.29 is 13.2 Å².